The van der Waals surface area contributed by atoms with Gasteiger partial charge in [-0.25, -0.2) is 12.2 Å². The van der Waals surface area contributed by atoms with Crippen molar-refractivity contribution in [1.29, 1.82) is 0 Å². The van der Waals surface area contributed by atoms with Gasteiger partial charge in [0.25, 0.3) is 0 Å². The van der Waals surface area contributed by atoms with Crippen LogP contribution in [0.25, 0.3) is 21.5 Å². The Morgan fingerprint density at radius 3 is 1.44 bits per heavy atom. The third-order valence-corrected chi connectivity index (χ3v) is 12.4. The number of hydrogen-bond acceptors (Lipinski definition) is 0. The van der Waals surface area contributed by atoms with E-state index in [0.29, 0.717) is 0 Å². The first-order valence-electron chi connectivity index (χ1n) is 12.4. The van der Waals surface area contributed by atoms with E-state index < -0.39 is 5.43 Å². The van der Waals surface area contributed by atoms with Gasteiger partial charge in [-0.15, -0.1) is 46.2 Å². The molecule has 0 amide bonds. The van der Waals surface area contributed by atoms with Crippen molar-refractivity contribution in [1.82, 2.24) is 0 Å². The Bertz CT molecular complexity index is 1420. The van der Waals surface area contributed by atoms with E-state index >= 15 is 0 Å². The van der Waals surface area contributed by atoms with Gasteiger partial charge >= 0.3 is 113 Å². The zero-order chi connectivity index (χ0) is 25.5. The summed E-state index contributed by atoms with van der Waals surface area (Å²) in [6.07, 6.45) is 10.0. The van der Waals surface area contributed by atoms with E-state index in [1.807, 2.05) is 12.2 Å². The van der Waals surface area contributed by atoms with Crippen molar-refractivity contribution in [2.45, 2.75) is 34.1 Å². The summed E-state index contributed by atoms with van der Waals surface area (Å²) in [4.78, 5) is 0. The monoisotopic (exact) mass is 558 g/mol. The maximum atomic E-state index is 2.99. The SMILES string of the molecule is Cc1ccc([Si](=[Zr+2])c2ccc(C)cc2)cc1.Cc1ccc2c(c1)[cH-]c1cc(C)ccc12.[C-]1=CC=CC1. The number of allylic oxidation sites excluding steroid dienone is 4. The van der Waals surface area contributed by atoms with E-state index in [1.54, 1.807) is 23.3 Å². The molecule has 0 fully saturated rings. The molecule has 6 rings (SSSR count). The number of rotatable bonds is 2. The van der Waals surface area contributed by atoms with E-state index in [9.17, 15) is 0 Å². The Morgan fingerprint density at radius 1 is 0.639 bits per heavy atom. The largest absolute Gasteiger partial charge is 0.273 e. The van der Waals surface area contributed by atoms with Crippen molar-refractivity contribution in [3.05, 3.63) is 138 Å². The standard InChI is InChI=1S/C15H13.C14H14Si.C5H5.Zr/c1-10-3-5-14-12(7-10)9-13-8-11(2)4-6-15(13)14;1-11-3-7-13(8-4-11)15-14-9-5-12(2)6-10-14;1-2-4-5-3-1;/h3-9H,1-2H3;3-10H,1-2H3;1-3H,4H2;/q-1;;-1;+2. The molecule has 1 aliphatic carbocycles. The van der Waals surface area contributed by atoms with Gasteiger partial charge in [0.1, 0.15) is 0 Å². The van der Waals surface area contributed by atoms with Crippen LogP contribution in [0.2, 0.25) is 0 Å². The molecule has 1 aliphatic rings. The van der Waals surface area contributed by atoms with Gasteiger partial charge < -0.3 is 0 Å². The van der Waals surface area contributed by atoms with Crippen molar-refractivity contribution < 1.29 is 23.3 Å². The molecule has 0 nitrogen and oxygen atoms in total. The minimum atomic E-state index is -0.488. The molecule has 176 valence electrons. The van der Waals surface area contributed by atoms with Crippen LogP contribution >= 0.6 is 0 Å². The van der Waals surface area contributed by atoms with Crippen molar-refractivity contribution in [3.63, 3.8) is 0 Å². The molecule has 5 aromatic carbocycles. The fourth-order valence-electron chi connectivity index (χ4n) is 4.21. The molecule has 5 aromatic rings. The fraction of sp³-hybridized carbons (Fsp3) is 0.147. The van der Waals surface area contributed by atoms with Gasteiger partial charge in [0.15, 0.2) is 0 Å². The second kappa shape index (κ2) is 12.5. The quantitative estimate of drug-likeness (QED) is 0.154. The Morgan fingerprint density at radius 2 is 1.08 bits per heavy atom. The van der Waals surface area contributed by atoms with Crippen LogP contribution in [0.1, 0.15) is 28.7 Å². The molecule has 0 unspecified atom stereocenters. The smallest absolute Gasteiger partial charge is 0.0469 e. The molecule has 0 saturated heterocycles. The number of hydrogen-bond donors (Lipinski definition) is 0. The van der Waals surface area contributed by atoms with Gasteiger partial charge in [0.05, 0.1) is 0 Å². The Balaban J connectivity index is 0.000000142. The van der Waals surface area contributed by atoms with Crippen molar-refractivity contribution in [3.8, 4) is 0 Å². The average Bonchev–Trinajstić information content (AvgIpc) is 3.56. The van der Waals surface area contributed by atoms with Crippen LogP contribution in [0.3, 0.4) is 0 Å². The first-order chi connectivity index (χ1) is 17.4. The van der Waals surface area contributed by atoms with Crippen molar-refractivity contribution in [2.75, 3.05) is 0 Å². The van der Waals surface area contributed by atoms with Crippen LogP contribution in [0.4, 0.5) is 0 Å². The third kappa shape index (κ3) is 6.96. The number of benzene rings is 4. The van der Waals surface area contributed by atoms with Crippen LogP contribution in [-0.4, -0.2) is 5.43 Å². The summed E-state index contributed by atoms with van der Waals surface area (Å²) in [6, 6.07) is 33.6. The molecule has 0 aliphatic heterocycles. The predicted octanol–water partition coefficient (Wildman–Crippen LogP) is 7.59. The maximum Gasteiger partial charge on any atom is -0.0469 e. The molecule has 0 atom stereocenters. The van der Waals surface area contributed by atoms with E-state index in [4.69, 9.17) is 0 Å². The topological polar surface area (TPSA) is 0 Å². The van der Waals surface area contributed by atoms with Gasteiger partial charge in [-0.1, -0.05) is 35.4 Å². The summed E-state index contributed by atoms with van der Waals surface area (Å²) in [5, 5.41) is 8.51. The van der Waals surface area contributed by atoms with Crippen LogP contribution in [0.15, 0.2) is 109 Å². The zero-order valence-electron chi connectivity index (χ0n) is 21.6. The molecule has 0 saturated carbocycles. The summed E-state index contributed by atoms with van der Waals surface area (Å²) in [6.45, 7) is 8.57. The molecule has 0 N–H and O–H groups in total. The molecule has 0 bridgehead atoms. The molecular weight excluding hydrogens is 528 g/mol. The van der Waals surface area contributed by atoms with Gasteiger partial charge in [0.2, 0.25) is 0 Å². The van der Waals surface area contributed by atoms with Gasteiger partial charge in [-0.05, 0) is 13.8 Å². The van der Waals surface area contributed by atoms with Crippen LogP contribution in [-0.2, 0) is 23.3 Å². The maximum absolute atomic E-state index is 2.99. The minimum absolute atomic E-state index is 0.488. The van der Waals surface area contributed by atoms with Crippen LogP contribution < -0.4 is 10.4 Å². The summed E-state index contributed by atoms with van der Waals surface area (Å²) < 4.78 is 0. The molecule has 0 spiro atoms. The van der Waals surface area contributed by atoms with E-state index in [0.717, 1.165) is 6.42 Å². The first kappa shape index (κ1) is 26.4. The van der Waals surface area contributed by atoms with Crippen molar-refractivity contribution in [2.24, 2.45) is 0 Å². The number of aryl methyl sites for hydroxylation is 4. The molecule has 36 heavy (non-hydrogen) atoms. The minimum Gasteiger partial charge on any atom is -0.273 e. The van der Waals surface area contributed by atoms with E-state index in [1.165, 1.54) is 54.2 Å². The Labute approximate surface area is 231 Å². The second-order valence-electron chi connectivity index (χ2n) is 9.44. The predicted molar refractivity (Wildman–Crippen MR) is 155 cm³/mol. The van der Waals surface area contributed by atoms with E-state index in [2.05, 4.69) is 131 Å². The van der Waals surface area contributed by atoms with Gasteiger partial charge in [-0.2, -0.15) is 6.08 Å². The first-order valence-corrected chi connectivity index (χ1v) is 17.6. The average molecular weight is 560 g/mol. The molecule has 0 radical (unpaired) electrons. The summed E-state index contributed by atoms with van der Waals surface area (Å²) in [5.74, 6) is 0. The zero-order valence-corrected chi connectivity index (χ0v) is 25.1. The fourth-order valence-corrected chi connectivity index (χ4v) is 8.00. The molecule has 2 heteroatoms. The summed E-state index contributed by atoms with van der Waals surface area (Å²) in [5.41, 5.74) is 4.86. The molecular formula is C34H32SiZr. The molecule has 0 heterocycles. The number of fused-ring (bicyclic) bond motifs is 3. The van der Waals surface area contributed by atoms with Gasteiger partial charge in [-0.3, -0.25) is 6.08 Å². The van der Waals surface area contributed by atoms with E-state index in [-0.39, 0.29) is 0 Å². The Kier molecular flexibility index (Phi) is 9.19. The third-order valence-electron chi connectivity index (χ3n) is 6.28. The Hall–Kier alpha value is -2.67. The normalized spacial score (nSPS) is 11.7. The van der Waals surface area contributed by atoms with Gasteiger partial charge in [0, 0.05) is 0 Å². The second-order valence-corrected chi connectivity index (χ2v) is 15.0. The van der Waals surface area contributed by atoms with Crippen LogP contribution in [0, 0.1) is 33.8 Å². The molecule has 0 aromatic heterocycles. The summed E-state index contributed by atoms with van der Waals surface area (Å²) >= 11 is 1.65. The summed E-state index contributed by atoms with van der Waals surface area (Å²) in [7, 11) is 0. The van der Waals surface area contributed by atoms with Crippen LogP contribution in [0.5, 0.6) is 0 Å². The van der Waals surface area contributed by atoms with Crippen molar-refractivity contribution >= 4 is 37.4 Å².